The van der Waals surface area contributed by atoms with Crippen LogP contribution in [0.25, 0.3) is 0 Å². The number of hydrogen-bond donors (Lipinski definition) is 0. The number of nitro groups is 1. The van der Waals surface area contributed by atoms with Crippen molar-refractivity contribution >= 4 is 15.7 Å². The molecule has 0 amide bonds. The van der Waals surface area contributed by atoms with Crippen LogP contribution in [0.5, 0.6) is 11.5 Å². The van der Waals surface area contributed by atoms with Crippen molar-refractivity contribution in [1.82, 2.24) is 4.31 Å². The molecule has 1 aliphatic rings. The lowest BCUT2D eigenvalue weighted by Crippen LogP contribution is -2.40. The topological polar surface area (TPSA) is 108 Å². The summed E-state index contributed by atoms with van der Waals surface area (Å²) >= 11 is 0. The highest BCUT2D eigenvalue weighted by atomic mass is 32.2. The van der Waals surface area contributed by atoms with Gasteiger partial charge in [0, 0.05) is 19.2 Å². The number of methoxy groups -OCH3 is 1. The van der Waals surface area contributed by atoms with Gasteiger partial charge in [0.1, 0.15) is 12.4 Å². The van der Waals surface area contributed by atoms with Gasteiger partial charge in [-0.2, -0.15) is 4.31 Å². The molecule has 150 valence electrons. The number of morpholine rings is 1. The molecule has 0 aliphatic carbocycles. The third kappa shape index (κ3) is 4.41. The average molecular weight is 408 g/mol. The molecule has 0 aromatic heterocycles. The highest BCUT2D eigenvalue weighted by molar-refractivity contribution is 7.89. The lowest BCUT2D eigenvalue weighted by Gasteiger charge is -2.26. The summed E-state index contributed by atoms with van der Waals surface area (Å²) in [6.07, 6.45) is 0. The summed E-state index contributed by atoms with van der Waals surface area (Å²) in [4.78, 5) is 10.7. The summed E-state index contributed by atoms with van der Waals surface area (Å²) in [5.41, 5.74) is 0.357. The van der Waals surface area contributed by atoms with E-state index in [1.165, 1.54) is 16.4 Å². The maximum atomic E-state index is 12.7. The predicted octanol–water partition coefficient (Wildman–Crippen LogP) is 2.20. The van der Waals surface area contributed by atoms with Crippen molar-refractivity contribution in [3.05, 3.63) is 58.1 Å². The van der Waals surface area contributed by atoms with E-state index in [1.807, 2.05) is 0 Å². The molecule has 0 N–H and O–H groups in total. The molecule has 28 heavy (non-hydrogen) atoms. The fraction of sp³-hybridized carbons (Fsp3) is 0.333. The molecule has 1 aliphatic heterocycles. The Bertz CT molecular complexity index is 956. The van der Waals surface area contributed by atoms with E-state index in [-0.39, 0.29) is 30.3 Å². The van der Waals surface area contributed by atoms with E-state index in [1.54, 1.807) is 31.4 Å². The molecule has 1 heterocycles. The smallest absolute Gasteiger partial charge is 0.312 e. The van der Waals surface area contributed by atoms with Crippen LogP contribution in [0, 0.1) is 10.1 Å². The molecular formula is C18H20N2O7S. The third-order valence-corrected chi connectivity index (χ3v) is 6.16. The molecule has 0 atom stereocenters. The lowest BCUT2D eigenvalue weighted by molar-refractivity contribution is -0.386. The van der Waals surface area contributed by atoms with E-state index in [0.29, 0.717) is 19.0 Å². The maximum Gasteiger partial charge on any atom is 0.312 e. The van der Waals surface area contributed by atoms with Crippen molar-refractivity contribution in [2.75, 3.05) is 33.4 Å². The Balaban J connectivity index is 1.83. The first-order valence-electron chi connectivity index (χ1n) is 8.54. The van der Waals surface area contributed by atoms with Gasteiger partial charge < -0.3 is 14.2 Å². The van der Waals surface area contributed by atoms with Gasteiger partial charge in [-0.15, -0.1) is 0 Å². The van der Waals surface area contributed by atoms with E-state index < -0.39 is 20.6 Å². The number of benzene rings is 2. The Kier molecular flexibility index (Phi) is 6.12. The fourth-order valence-corrected chi connectivity index (χ4v) is 4.21. The van der Waals surface area contributed by atoms with Crippen LogP contribution in [-0.2, 0) is 21.4 Å². The molecule has 10 heteroatoms. The van der Waals surface area contributed by atoms with Crippen molar-refractivity contribution < 1.29 is 27.6 Å². The van der Waals surface area contributed by atoms with Crippen LogP contribution in [0.4, 0.5) is 5.69 Å². The van der Waals surface area contributed by atoms with Crippen LogP contribution in [0.15, 0.2) is 47.4 Å². The molecule has 0 unspecified atom stereocenters. The van der Waals surface area contributed by atoms with Crippen molar-refractivity contribution in [2.45, 2.75) is 11.5 Å². The summed E-state index contributed by atoms with van der Waals surface area (Å²) in [6, 6.07) is 10.8. The quantitative estimate of drug-likeness (QED) is 0.510. The highest BCUT2D eigenvalue weighted by Gasteiger charge is 2.29. The number of sulfonamides is 1. The second-order valence-electron chi connectivity index (χ2n) is 6.04. The third-order valence-electron chi connectivity index (χ3n) is 4.26. The summed E-state index contributed by atoms with van der Waals surface area (Å²) in [5, 5.41) is 11.5. The van der Waals surface area contributed by atoms with Gasteiger partial charge in [0.25, 0.3) is 0 Å². The zero-order valence-electron chi connectivity index (χ0n) is 15.2. The minimum absolute atomic E-state index is 0.00579. The van der Waals surface area contributed by atoms with Crippen LogP contribution < -0.4 is 9.47 Å². The zero-order chi connectivity index (χ0) is 20.1. The molecule has 1 saturated heterocycles. The molecular weight excluding hydrogens is 388 g/mol. The molecule has 0 bridgehead atoms. The Morgan fingerprint density at radius 1 is 1.18 bits per heavy atom. The highest BCUT2D eigenvalue weighted by Crippen LogP contribution is 2.32. The van der Waals surface area contributed by atoms with Gasteiger partial charge in [-0.05, 0) is 29.8 Å². The van der Waals surface area contributed by atoms with Gasteiger partial charge in [0.05, 0.1) is 30.1 Å². The second kappa shape index (κ2) is 8.55. The molecule has 1 fully saturated rings. The summed E-state index contributed by atoms with van der Waals surface area (Å²) in [7, 11) is -2.29. The summed E-state index contributed by atoms with van der Waals surface area (Å²) < 4.78 is 42.6. The van der Waals surface area contributed by atoms with E-state index in [9.17, 15) is 18.5 Å². The van der Waals surface area contributed by atoms with Crippen molar-refractivity contribution in [3.8, 4) is 11.5 Å². The number of ether oxygens (including phenoxy) is 3. The normalized spacial score (nSPS) is 15.2. The van der Waals surface area contributed by atoms with E-state index >= 15 is 0 Å². The van der Waals surface area contributed by atoms with Gasteiger partial charge in [-0.3, -0.25) is 10.1 Å². The van der Waals surface area contributed by atoms with Crippen LogP contribution in [0.3, 0.4) is 0 Å². The van der Waals surface area contributed by atoms with Crippen molar-refractivity contribution in [2.24, 2.45) is 0 Å². The largest absolute Gasteiger partial charge is 0.497 e. The number of nitrogens with zero attached hydrogens (tertiary/aromatic N) is 2. The van der Waals surface area contributed by atoms with Crippen LogP contribution in [0.1, 0.15) is 5.56 Å². The van der Waals surface area contributed by atoms with Gasteiger partial charge in [0.2, 0.25) is 10.0 Å². The van der Waals surface area contributed by atoms with Crippen LogP contribution in [0.2, 0.25) is 0 Å². The first kappa shape index (κ1) is 20.1. The standard InChI is InChI=1S/C18H20N2O7S/c1-25-15-4-2-3-14(11-15)13-27-18-6-5-16(12-17(18)20(21)22)28(23,24)19-7-9-26-10-8-19/h2-6,11-12H,7-10,13H2,1H3. The average Bonchev–Trinajstić information content (AvgIpc) is 2.72. The Hall–Kier alpha value is -2.69. The van der Waals surface area contributed by atoms with Gasteiger partial charge in [0.15, 0.2) is 5.75 Å². The van der Waals surface area contributed by atoms with E-state index in [4.69, 9.17) is 14.2 Å². The van der Waals surface area contributed by atoms with Gasteiger partial charge in [-0.1, -0.05) is 12.1 Å². The zero-order valence-corrected chi connectivity index (χ0v) is 16.1. The minimum atomic E-state index is -3.83. The predicted molar refractivity (Wildman–Crippen MR) is 100 cm³/mol. The fourth-order valence-electron chi connectivity index (χ4n) is 2.78. The summed E-state index contributed by atoms with van der Waals surface area (Å²) in [6.45, 7) is 1.09. The molecule has 2 aromatic carbocycles. The lowest BCUT2D eigenvalue weighted by atomic mass is 10.2. The first-order chi connectivity index (χ1) is 13.4. The maximum absolute atomic E-state index is 12.7. The molecule has 0 spiro atoms. The molecule has 0 radical (unpaired) electrons. The van der Waals surface area contributed by atoms with E-state index in [2.05, 4.69) is 0 Å². The minimum Gasteiger partial charge on any atom is -0.497 e. The molecule has 9 nitrogen and oxygen atoms in total. The number of rotatable bonds is 7. The van der Waals surface area contributed by atoms with Gasteiger partial charge >= 0.3 is 5.69 Å². The van der Waals surface area contributed by atoms with Gasteiger partial charge in [-0.25, -0.2) is 8.42 Å². The summed E-state index contributed by atoms with van der Waals surface area (Å²) in [5.74, 6) is 0.635. The Morgan fingerprint density at radius 2 is 1.93 bits per heavy atom. The van der Waals surface area contributed by atoms with Crippen LogP contribution in [-0.4, -0.2) is 51.1 Å². The second-order valence-corrected chi connectivity index (χ2v) is 7.98. The molecule has 3 rings (SSSR count). The van der Waals surface area contributed by atoms with Crippen molar-refractivity contribution in [3.63, 3.8) is 0 Å². The molecule has 2 aromatic rings. The SMILES string of the molecule is COc1cccc(COc2ccc(S(=O)(=O)N3CCOCC3)cc2[N+](=O)[O-])c1. The van der Waals surface area contributed by atoms with E-state index in [0.717, 1.165) is 11.6 Å². The monoisotopic (exact) mass is 408 g/mol. The molecule has 0 saturated carbocycles. The number of nitro benzene ring substituents is 1. The Labute approximate surface area is 162 Å². The first-order valence-corrected chi connectivity index (χ1v) is 9.98. The Morgan fingerprint density at radius 3 is 2.61 bits per heavy atom. The van der Waals surface area contributed by atoms with Crippen LogP contribution >= 0.6 is 0 Å². The number of hydrogen-bond acceptors (Lipinski definition) is 7. The van der Waals surface area contributed by atoms with Crippen molar-refractivity contribution in [1.29, 1.82) is 0 Å².